The molecule has 0 bridgehead atoms. The Bertz CT molecular complexity index is 532. The van der Waals surface area contributed by atoms with E-state index in [1.54, 1.807) is 32.0 Å². The monoisotopic (exact) mass is 358 g/mol. The molecule has 116 valence electrons. The number of urea groups is 1. The SMILES string of the molecule is COc1ccc(Br)cc1NC(=O)NC(C)(C)CCC(=O)O. The quantitative estimate of drug-likeness (QED) is 0.728. The highest BCUT2D eigenvalue weighted by Crippen LogP contribution is 2.28. The van der Waals surface area contributed by atoms with Gasteiger partial charge < -0.3 is 20.5 Å². The number of carboxylic acid groups (broad SMARTS) is 1. The fourth-order valence-electron chi connectivity index (χ4n) is 1.72. The second kappa shape index (κ2) is 7.31. The van der Waals surface area contributed by atoms with Crippen molar-refractivity contribution in [1.29, 1.82) is 0 Å². The van der Waals surface area contributed by atoms with E-state index < -0.39 is 17.5 Å². The maximum absolute atomic E-state index is 12.0. The Morgan fingerprint density at radius 2 is 2.05 bits per heavy atom. The van der Waals surface area contributed by atoms with Crippen molar-refractivity contribution in [2.24, 2.45) is 0 Å². The van der Waals surface area contributed by atoms with Crippen molar-refractivity contribution in [3.63, 3.8) is 0 Å². The Balaban J connectivity index is 2.69. The van der Waals surface area contributed by atoms with E-state index in [2.05, 4.69) is 26.6 Å². The summed E-state index contributed by atoms with van der Waals surface area (Å²) in [5, 5.41) is 14.1. The van der Waals surface area contributed by atoms with Gasteiger partial charge in [0, 0.05) is 16.4 Å². The zero-order valence-corrected chi connectivity index (χ0v) is 13.8. The van der Waals surface area contributed by atoms with Crippen LogP contribution < -0.4 is 15.4 Å². The second-order valence-corrected chi connectivity index (χ2v) is 6.12. The number of amides is 2. The molecule has 1 aromatic rings. The molecule has 0 unspecified atom stereocenters. The van der Waals surface area contributed by atoms with E-state index in [1.165, 1.54) is 7.11 Å². The molecule has 0 fully saturated rings. The number of carbonyl (C=O) groups excluding carboxylic acids is 1. The van der Waals surface area contributed by atoms with E-state index in [4.69, 9.17) is 9.84 Å². The summed E-state index contributed by atoms with van der Waals surface area (Å²) in [6.45, 7) is 3.54. The lowest BCUT2D eigenvalue weighted by molar-refractivity contribution is -0.137. The number of aliphatic carboxylic acids is 1. The van der Waals surface area contributed by atoms with Crippen LogP contribution in [0.2, 0.25) is 0 Å². The van der Waals surface area contributed by atoms with Crippen LogP contribution in [0, 0.1) is 0 Å². The lowest BCUT2D eigenvalue weighted by atomic mass is 9.99. The van der Waals surface area contributed by atoms with Crippen molar-refractivity contribution in [1.82, 2.24) is 5.32 Å². The summed E-state index contributed by atoms with van der Waals surface area (Å²) in [6.07, 6.45) is 0.332. The molecule has 0 aliphatic rings. The van der Waals surface area contributed by atoms with Crippen molar-refractivity contribution < 1.29 is 19.4 Å². The van der Waals surface area contributed by atoms with Crippen molar-refractivity contribution in [2.75, 3.05) is 12.4 Å². The maximum atomic E-state index is 12.0. The number of carboxylic acids is 1. The molecule has 7 heteroatoms. The van der Waals surface area contributed by atoms with Crippen LogP contribution in [0.1, 0.15) is 26.7 Å². The van der Waals surface area contributed by atoms with E-state index in [-0.39, 0.29) is 6.42 Å². The van der Waals surface area contributed by atoms with Gasteiger partial charge in [-0.15, -0.1) is 0 Å². The lowest BCUT2D eigenvalue weighted by Crippen LogP contribution is -2.45. The lowest BCUT2D eigenvalue weighted by Gasteiger charge is -2.26. The molecule has 0 aliphatic carbocycles. The van der Waals surface area contributed by atoms with Crippen LogP contribution in [-0.4, -0.2) is 29.8 Å². The third-order valence-electron chi connectivity index (χ3n) is 2.83. The maximum Gasteiger partial charge on any atom is 0.319 e. The van der Waals surface area contributed by atoms with Crippen LogP contribution in [0.25, 0.3) is 0 Å². The number of carbonyl (C=O) groups is 2. The summed E-state index contributed by atoms with van der Waals surface area (Å²) in [5.74, 6) is -0.351. The van der Waals surface area contributed by atoms with Crippen LogP contribution in [0.4, 0.5) is 10.5 Å². The van der Waals surface area contributed by atoms with E-state index in [0.29, 0.717) is 17.9 Å². The van der Waals surface area contributed by atoms with E-state index >= 15 is 0 Å². The smallest absolute Gasteiger partial charge is 0.319 e. The van der Waals surface area contributed by atoms with Gasteiger partial charge >= 0.3 is 12.0 Å². The molecule has 21 heavy (non-hydrogen) atoms. The standard InChI is InChI=1S/C14H19BrN2O4/c1-14(2,7-6-12(18)19)17-13(20)16-10-8-9(15)4-5-11(10)21-3/h4-5,8H,6-7H2,1-3H3,(H,18,19)(H2,16,17,20). The predicted molar refractivity (Wildman–Crippen MR) is 83.8 cm³/mol. The minimum atomic E-state index is -0.890. The zero-order valence-electron chi connectivity index (χ0n) is 12.2. The largest absolute Gasteiger partial charge is 0.495 e. The van der Waals surface area contributed by atoms with Gasteiger partial charge in [0.05, 0.1) is 12.8 Å². The molecule has 0 saturated carbocycles. The Morgan fingerprint density at radius 1 is 1.38 bits per heavy atom. The number of ether oxygens (including phenoxy) is 1. The first kappa shape index (κ1) is 17.3. The van der Waals surface area contributed by atoms with Crippen LogP contribution in [0.3, 0.4) is 0 Å². The normalized spacial score (nSPS) is 10.9. The fraction of sp³-hybridized carbons (Fsp3) is 0.429. The first-order valence-corrected chi connectivity index (χ1v) is 7.17. The molecule has 0 atom stereocenters. The molecule has 0 aromatic heterocycles. The molecular formula is C14H19BrN2O4. The highest BCUT2D eigenvalue weighted by molar-refractivity contribution is 9.10. The number of hydrogen-bond donors (Lipinski definition) is 3. The summed E-state index contributed by atoms with van der Waals surface area (Å²) in [5.41, 5.74) is -0.0970. The predicted octanol–water partition coefficient (Wildman–Crippen LogP) is 3.22. The highest BCUT2D eigenvalue weighted by Gasteiger charge is 2.22. The zero-order chi connectivity index (χ0) is 16.0. The summed E-state index contributed by atoms with van der Waals surface area (Å²) >= 11 is 3.33. The first-order chi connectivity index (χ1) is 9.73. The Kier molecular flexibility index (Phi) is 6.02. The minimum Gasteiger partial charge on any atom is -0.495 e. The fourth-order valence-corrected chi connectivity index (χ4v) is 2.08. The number of anilines is 1. The van der Waals surface area contributed by atoms with Gasteiger partial charge in [-0.1, -0.05) is 15.9 Å². The van der Waals surface area contributed by atoms with Crippen molar-refractivity contribution >= 4 is 33.6 Å². The number of halogens is 1. The molecule has 0 spiro atoms. The third kappa shape index (κ3) is 6.03. The summed E-state index contributed by atoms with van der Waals surface area (Å²) in [7, 11) is 1.52. The highest BCUT2D eigenvalue weighted by atomic mass is 79.9. The van der Waals surface area contributed by atoms with Gasteiger partial charge in [-0.3, -0.25) is 4.79 Å². The number of nitrogens with one attached hydrogen (secondary N) is 2. The summed E-state index contributed by atoms with van der Waals surface area (Å²) < 4.78 is 5.98. The topological polar surface area (TPSA) is 87.7 Å². The number of hydrogen-bond acceptors (Lipinski definition) is 3. The van der Waals surface area contributed by atoms with Gasteiger partial charge in [0.1, 0.15) is 5.75 Å². The minimum absolute atomic E-state index is 0.00646. The van der Waals surface area contributed by atoms with E-state index in [0.717, 1.165) is 4.47 Å². The van der Waals surface area contributed by atoms with E-state index in [9.17, 15) is 9.59 Å². The molecule has 0 heterocycles. The Morgan fingerprint density at radius 3 is 2.62 bits per heavy atom. The summed E-state index contributed by atoms with van der Waals surface area (Å²) in [4.78, 5) is 22.6. The average Bonchev–Trinajstić information content (AvgIpc) is 2.36. The molecule has 3 N–H and O–H groups in total. The number of benzene rings is 1. The van der Waals surface area contributed by atoms with Crippen LogP contribution in [0.5, 0.6) is 5.75 Å². The van der Waals surface area contributed by atoms with Crippen molar-refractivity contribution in [2.45, 2.75) is 32.2 Å². The molecular weight excluding hydrogens is 340 g/mol. The first-order valence-electron chi connectivity index (χ1n) is 6.38. The van der Waals surface area contributed by atoms with Crippen molar-refractivity contribution in [3.8, 4) is 5.75 Å². The molecule has 2 amide bonds. The van der Waals surface area contributed by atoms with Crippen LogP contribution in [-0.2, 0) is 4.79 Å². The van der Waals surface area contributed by atoms with Crippen LogP contribution in [0.15, 0.2) is 22.7 Å². The Labute approximate surface area is 132 Å². The van der Waals surface area contributed by atoms with Gasteiger partial charge in [0.2, 0.25) is 0 Å². The molecule has 0 radical (unpaired) electrons. The van der Waals surface area contributed by atoms with Gasteiger partial charge in [-0.05, 0) is 38.5 Å². The number of rotatable bonds is 6. The van der Waals surface area contributed by atoms with Crippen molar-refractivity contribution in [3.05, 3.63) is 22.7 Å². The van der Waals surface area contributed by atoms with E-state index in [1.807, 2.05) is 0 Å². The number of methoxy groups -OCH3 is 1. The van der Waals surface area contributed by atoms with Gasteiger partial charge in [0.15, 0.2) is 0 Å². The second-order valence-electron chi connectivity index (χ2n) is 5.20. The molecule has 1 aromatic carbocycles. The Hall–Kier alpha value is -1.76. The molecule has 0 saturated heterocycles. The third-order valence-corrected chi connectivity index (χ3v) is 3.32. The molecule has 0 aliphatic heterocycles. The molecule has 6 nitrogen and oxygen atoms in total. The molecule has 1 rings (SSSR count). The summed E-state index contributed by atoms with van der Waals surface area (Å²) in [6, 6.07) is 4.85. The van der Waals surface area contributed by atoms with Gasteiger partial charge in [-0.2, -0.15) is 0 Å². The van der Waals surface area contributed by atoms with Gasteiger partial charge in [0.25, 0.3) is 0 Å². The van der Waals surface area contributed by atoms with Crippen LogP contribution >= 0.6 is 15.9 Å². The average molecular weight is 359 g/mol. The van der Waals surface area contributed by atoms with Gasteiger partial charge in [-0.25, -0.2) is 4.79 Å².